The smallest absolute Gasteiger partial charge is 0.00156 e. The Labute approximate surface area is 147 Å². The number of likely N-dealkylation sites (tertiary alicyclic amines) is 1. The molecule has 1 heteroatoms. The lowest BCUT2D eigenvalue weighted by Gasteiger charge is -2.36. The maximum absolute atomic E-state index is 2.68. The van der Waals surface area contributed by atoms with Gasteiger partial charge in [-0.25, -0.2) is 0 Å². The van der Waals surface area contributed by atoms with Crippen molar-refractivity contribution in [1.82, 2.24) is 4.90 Å². The molecule has 1 aliphatic heterocycles. The molecule has 0 bridgehead atoms. The average molecular weight is 322 g/mol. The molecule has 0 amide bonds. The van der Waals surface area contributed by atoms with E-state index in [1.54, 1.807) is 5.56 Å². The molecule has 1 atom stereocenters. The third kappa shape index (κ3) is 4.70. The first kappa shape index (κ1) is 17.2. The van der Waals surface area contributed by atoms with Crippen LogP contribution in [0, 0.1) is 5.92 Å². The Morgan fingerprint density at radius 2 is 1.54 bits per heavy atom. The molecule has 0 aromatic heterocycles. The fourth-order valence-electron chi connectivity index (χ4n) is 4.27. The Hall–Kier alpha value is -1.60. The Balaban J connectivity index is 1.43. The molecule has 1 fully saturated rings. The summed E-state index contributed by atoms with van der Waals surface area (Å²) in [7, 11) is 0. The van der Waals surface area contributed by atoms with Crippen LogP contribution in [0.1, 0.15) is 49.7 Å². The van der Waals surface area contributed by atoms with Gasteiger partial charge < -0.3 is 4.90 Å². The monoisotopic (exact) mass is 321 g/mol. The van der Waals surface area contributed by atoms with Crippen LogP contribution in [0.15, 0.2) is 60.7 Å². The van der Waals surface area contributed by atoms with Crippen LogP contribution in [0.4, 0.5) is 0 Å². The number of rotatable bonds is 7. The zero-order valence-corrected chi connectivity index (χ0v) is 15.0. The van der Waals surface area contributed by atoms with Crippen molar-refractivity contribution in [3.05, 3.63) is 71.8 Å². The van der Waals surface area contributed by atoms with E-state index in [2.05, 4.69) is 72.5 Å². The summed E-state index contributed by atoms with van der Waals surface area (Å²) in [6.07, 6.45) is 6.48. The van der Waals surface area contributed by atoms with Crippen LogP contribution in [0.25, 0.3) is 0 Å². The van der Waals surface area contributed by atoms with E-state index in [0.29, 0.717) is 0 Å². The van der Waals surface area contributed by atoms with Crippen LogP contribution in [-0.2, 0) is 6.42 Å². The van der Waals surface area contributed by atoms with Gasteiger partial charge in [-0.15, -0.1) is 0 Å². The van der Waals surface area contributed by atoms with Gasteiger partial charge in [-0.3, -0.25) is 0 Å². The first-order valence-electron chi connectivity index (χ1n) is 9.68. The molecule has 24 heavy (non-hydrogen) atoms. The van der Waals surface area contributed by atoms with Crippen molar-refractivity contribution in [2.24, 2.45) is 5.92 Å². The lowest BCUT2D eigenvalue weighted by molar-refractivity contribution is 0.165. The lowest BCUT2D eigenvalue weighted by atomic mass is 9.78. The van der Waals surface area contributed by atoms with Gasteiger partial charge in [-0.2, -0.15) is 0 Å². The van der Waals surface area contributed by atoms with Crippen molar-refractivity contribution in [1.29, 1.82) is 0 Å². The summed E-state index contributed by atoms with van der Waals surface area (Å²) in [5, 5.41) is 0. The van der Waals surface area contributed by atoms with Gasteiger partial charge in [0.2, 0.25) is 0 Å². The van der Waals surface area contributed by atoms with E-state index in [1.165, 1.54) is 57.3 Å². The number of nitrogens with zero attached hydrogens (tertiary/aromatic N) is 1. The summed E-state index contributed by atoms with van der Waals surface area (Å²) >= 11 is 0. The van der Waals surface area contributed by atoms with E-state index in [4.69, 9.17) is 0 Å². The number of piperidine rings is 1. The molecule has 0 spiro atoms. The molecule has 3 rings (SSSR count). The zero-order chi connectivity index (χ0) is 16.6. The van der Waals surface area contributed by atoms with Crippen LogP contribution < -0.4 is 0 Å². The van der Waals surface area contributed by atoms with Crippen LogP contribution in [0.2, 0.25) is 0 Å². The molecule has 1 heterocycles. The molecule has 1 aliphatic rings. The molecule has 0 aliphatic carbocycles. The zero-order valence-electron chi connectivity index (χ0n) is 15.0. The van der Waals surface area contributed by atoms with Gasteiger partial charge in [-0.1, -0.05) is 67.6 Å². The van der Waals surface area contributed by atoms with E-state index in [1.807, 2.05) is 0 Å². The molecule has 2 aromatic carbocycles. The highest BCUT2D eigenvalue weighted by Gasteiger charge is 2.26. The second kappa shape index (κ2) is 9.03. The molecule has 1 unspecified atom stereocenters. The third-order valence-electron chi connectivity index (χ3n) is 5.65. The Bertz CT molecular complexity index is 569. The van der Waals surface area contributed by atoms with E-state index >= 15 is 0 Å². The number of aryl methyl sites for hydroxylation is 1. The highest BCUT2D eigenvalue weighted by atomic mass is 15.1. The molecule has 0 saturated carbocycles. The lowest BCUT2D eigenvalue weighted by Crippen LogP contribution is -2.36. The maximum Gasteiger partial charge on any atom is -0.00156 e. The van der Waals surface area contributed by atoms with Crippen LogP contribution in [-0.4, -0.2) is 24.5 Å². The van der Waals surface area contributed by atoms with Crippen LogP contribution >= 0.6 is 0 Å². The minimum Gasteiger partial charge on any atom is -0.303 e. The maximum atomic E-state index is 2.68. The van der Waals surface area contributed by atoms with Gasteiger partial charge >= 0.3 is 0 Å². The second-order valence-electron chi connectivity index (χ2n) is 7.19. The number of benzene rings is 2. The quantitative estimate of drug-likeness (QED) is 0.648. The van der Waals surface area contributed by atoms with Crippen LogP contribution in [0.5, 0.6) is 0 Å². The summed E-state index contributed by atoms with van der Waals surface area (Å²) in [5.41, 5.74) is 3.02. The van der Waals surface area contributed by atoms with Crippen molar-refractivity contribution < 1.29 is 0 Å². The standard InChI is InChI=1S/C23H31N/c1-2-23(21-13-7-4-8-14-21)22-15-18-24(19-16-22)17-9-12-20-10-5-3-6-11-20/h3-8,10-11,13-14,22-23H,2,9,12,15-19H2,1H3. The highest BCUT2D eigenvalue weighted by Crippen LogP contribution is 2.35. The second-order valence-corrected chi connectivity index (χ2v) is 7.19. The van der Waals surface area contributed by atoms with E-state index < -0.39 is 0 Å². The highest BCUT2D eigenvalue weighted by molar-refractivity contribution is 5.20. The van der Waals surface area contributed by atoms with Crippen molar-refractivity contribution >= 4 is 0 Å². The van der Waals surface area contributed by atoms with Crippen molar-refractivity contribution in [3.63, 3.8) is 0 Å². The van der Waals surface area contributed by atoms with Gasteiger partial charge in [-0.05, 0) is 74.7 Å². The Morgan fingerprint density at radius 1 is 0.917 bits per heavy atom. The largest absolute Gasteiger partial charge is 0.303 e. The fourth-order valence-corrected chi connectivity index (χ4v) is 4.27. The topological polar surface area (TPSA) is 3.24 Å². The van der Waals surface area contributed by atoms with E-state index in [-0.39, 0.29) is 0 Å². The van der Waals surface area contributed by atoms with E-state index in [0.717, 1.165) is 11.8 Å². The van der Waals surface area contributed by atoms with Gasteiger partial charge in [0.15, 0.2) is 0 Å². The molecule has 0 N–H and O–H groups in total. The van der Waals surface area contributed by atoms with Crippen molar-refractivity contribution in [3.8, 4) is 0 Å². The predicted molar refractivity (Wildman–Crippen MR) is 103 cm³/mol. The van der Waals surface area contributed by atoms with Gasteiger partial charge in [0, 0.05) is 0 Å². The first-order valence-corrected chi connectivity index (χ1v) is 9.68. The molecular formula is C23H31N. The van der Waals surface area contributed by atoms with Gasteiger partial charge in [0.1, 0.15) is 0 Å². The molecule has 128 valence electrons. The summed E-state index contributed by atoms with van der Waals surface area (Å²) in [5.74, 6) is 1.61. The average Bonchev–Trinajstić information content (AvgIpc) is 2.65. The molecular weight excluding hydrogens is 290 g/mol. The predicted octanol–water partition coefficient (Wildman–Crippen LogP) is 5.53. The minimum absolute atomic E-state index is 0.748. The number of hydrogen-bond acceptors (Lipinski definition) is 1. The molecule has 1 saturated heterocycles. The minimum atomic E-state index is 0.748. The Morgan fingerprint density at radius 3 is 2.17 bits per heavy atom. The molecule has 1 nitrogen and oxygen atoms in total. The summed E-state index contributed by atoms with van der Waals surface area (Å²) < 4.78 is 0. The molecule has 2 aromatic rings. The van der Waals surface area contributed by atoms with Gasteiger partial charge in [0.25, 0.3) is 0 Å². The summed E-state index contributed by atoms with van der Waals surface area (Å²) in [6, 6.07) is 22.0. The summed E-state index contributed by atoms with van der Waals surface area (Å²) in [4.78, 5) is 2.68. The summed E-state index contributed by atoms with van der Waals surface area (Å²) in [6.45, 7) is 6.17. The SMILES string of the molecule is CCC(c1ccccc1)C1CCN(CCCc2ccccc2)CC1. The van der Waals surface area contributed by atoms with Crippen molar-refractivity contribution in [2.75, 3.05) is 19.6 Å². The normalized spacial score (nSPS) is 17.7. The fraction of sp³-hybridized carbons (Fsp3) is 0.478. The third-order valence-corrected chi connectivity index (χ3v) is 5.65. The molecule has 0 radical (unpaired) electrons. The van der Waals surface area contributed by atoms with E-state index in [9.17, 15) is 0 Å². The first-order chi connectivity index (χ1) is 11.9. The number of hydrogen-bond donors (Lipinski definition) is 0. The van der Waals surface area contributed by atoms with Crippen LogP contribution in [0.3, 0.4) is 0 Å². The van der Waals surface area contributed by atoms with Crippen molar-refractivity contribution in [2.45, 2.75) is 44.9 Å². The van der Waals surface area contributed by atoms with Gasteiger partial charge in [0.05, 0.1) is 0 Å². The Kier molecular flexibility index (Phi) is 6.48.